The lowest BCUT2D eigenvalue weighted by atomic mass is 10.1. The number of aromatic nitrogens is 4. The van der Waals surface area contributed by atoms with E-state index in [0.29, 0.717) is 22.6 Å². The third kappa shape index (κ3) is 5.43. The second-order valence-electron chi connectivity index (χ2n) is 7.62. The van der Waals surface area contributed by atoms with Crippen LogP contribution in [0.1, 0.15) is 11.3 Å². The van der Waals surface area contributed by atoms with Gasteiger partial charge in [0, 0.05) is 23.5 Å². The lowest BCUT2D eigenvalue weighted by Crippen LogP contribution is -2.17. The van der Waals surface area contributed by atoms with E-state index in [2.05, 4.69) is 25.0 Å². The van der Waals surface area contributed by atoms with Crippen molar-refractivity contribution in [2.24, 2.45) is 21.8 Å². The molecule has 4 aromatic rings. The van der Waals surface area contributed by atoms with Crippen molar-refractivity contribution < 1.29 is 17.9 Å². The smallest absolute Gasteiger partial charge is 0.256 e. The molecule has 1 aromatic carbocycles. The Morgan fingerprint density at radius 1 is 1.08 bits per heavy atom. The van der Waals surface area contributed by atoms with Gasteiger partial charge in [-0.25, -0.2) is 28.5 Å². The number of benzene rings is 1. The fourth-order valence-corrected chi connectivity index (χ4v) is 4.24. The SMILES string of the molecule is COc1ccccc1Oc1c(Cl)nc(-c2ccnc(C(N)=NN)c2)nc1-c1cc(C)cnc1S(N)(=O)=O. The number of hydrazone groups is 1. The summed E-state index contributed by atoms with van der Waals surface area (Å²) in [6.45, 7) is 1.73. The first kappa shape index (κ1) is 25.8. The first-order chi connectivity index (χ1) is 17.6. The van der Waals surface area contributed by atoms with Crippen LogP contribution < -0.4 is 26.2 Å². The summed E-state index contributed by atoms with van der Waals surface area (Å²) >= 11 is 6.61. The molecular weight excluding hydrogens is 520 g/mol. The van der Waals surface area contributed by atoms with Crippen molar-refractivity contribution in [3.8, 4) is 39.9 Å². The molecule has 0 aliphatic rings. The Morgan fingerprint density at radius 2 is 1.81 bits per heavy atom. The van der Waals surface area contributed by atoms with E-state index in [1.54, 1.807) is 49.4 Å². The highest BCUT2D eigenvalue weighted by atomic mass is 35.5. The number of hydrogen-bond donors (Lipinski definition) is 3. The summed E-state index contributed by atoms with van der Waals surface area (Å²) in [6.07, 6.45) is 2.83. The van der Waals surface area contributed by atoms with Crippen molar-refractivity contribution in [2.75, 3.05) is 7.11 Å². The van der Waals surface area contributed by atoms with Gasteiger partial charge >= 0.3 is 0 Å². The van der Waals surface area contributed by atoms with Crippen LogP contribution in [-0.2, 0) is 10.0 Å². The molecule has 0 saturated carbocycles. The predicted molar refractivity (Wildman–Crippen MR) is 138 cm³/mol. The summed E-state index contributed by atoms with van der Waals surface area (Å²) in [6, 6.07) is 11.5. The summed E-state index contributed by atoms with van der Waals surface area (Å²) in [7, 11) is -2.79. The number of methoxy groups -OCH3 is 1. The molecule has 0 bridgehead atoms. The highest BCUT2D eigenvalue weighted by molar-refractivity contribution is 7.89. The van der Waals surface area contributed by atoms with Gasteiger partial charge in [-0.2, -0.15) is 5.10 Å². The van der Waals surface area contributed by atoms with Gasteiger partial charge in [-0.05, 0) is 42.8 Å². The predicted octanol–water partition coefficient (Wildman–Crippen LogP) is 2.59. The number of pyridine rings is 2. The van der Waals surface area contributed by atoms with E-state index in [1.165, 1.54) is 19.5 Å². The molecule has 12 nitrogen and oxygen atoms in total. The van der Waals surface area contributed by atoms with Crippen molar-refractivity contribution in [1.29, 1.82) is 0 Å². The van der Waals surface area contributed by atoms with Crippen molar-refractivity contribution in [3.05, 3.63) is 71.3 Å². The second kappa shape index (κ2) is 10.3. The molecule has 190 valence electrons. The Labute approximate surface area is 217 Å². The molecule has 37 heavy (non-hydrogen) atoms. The Morgan fingerprint density at radius 3 is 2.49 bits per heavy atom. The molecule has 0 unspecified atom stereocenters. The quantitative estimate of drug-likeness (QED) is 0.103. The van der Waals surface area contributed by atoms with Crippen LogP contribution in [0.25, 0.3) is 22.6 Å². The number of sulfonamides is 1. The number of primary sulfonamides is 1. The van der Waals surface area contributed by atoms with Gasteiger partial charge < -0.3 is 21.1 Å². The molecule has 0 spiro atoms. The first-order valence-electron chi connectivity index (χ1n) is 10.5. The minimum Gasteiger partial charge on any atom is -0.493 e. The van der Waals surface area contributed by atoms with Crippen LogP contribution >= 0.6 is 11.6 Å². The summed E-state index contributed by atoms with van der Waals surface area (Å²) in [5.41, 5.74) is 7.24. The van der Waals surface area contributed by atoms with Gasteiger partial charge in [-0.15, -0.1) is 0 Å². The lowest BCUT2D eigenvalue weighted by molar-refractivity contribution is 0.378. The molecular formula is C23H21ClN8O4S. The molecule has 3 heterocycles. The molecule has 0 aliphatic carbocycles. The Kier molecular flexibility index (Phi) is 7.20. The normalized spacial score (nSPS) is 11.8. The maximum atomic E-state index is 12.4. The van der Waals surface area contributed by atoms with Crippen LogP contribution in [-0.4, -0.2) is 41.3 Å². The largest absolute Gasteiger partial charge is 0.493 e. The van der Waals surface area contributed by atoms with E-state index in [-0.39, 0.29) is 39.5 Å². The summed E-state index contributed by atoms with van der Waals surface area (Å²) in [5.74, 6) is 6.03. The Bertz CT molecular complexity index is 1630. The molecule has 0 radical (unpaired) electrons. The lowest BCUT2D eigenvalue weighted by Gasteiger charge is -2.17. The standard InChI is InChI=1S/C23H21ClN8O4S/c1-12-9-14(23(29-11-12)37(27,33)34)18-19(36-17-6-4-3-5-16(17)35-2)20(24)31-22(30-18)13-7-8-28-15(10-13)21(25)32-26/h3-11H,26H2,1-2H3,(H2,25,32)(H2,27,33,34). The van der Waals surface area contributed by atoms with Crippen LogP contribution in [0.15, 0.2) is 65.0 Å². The van der Waals surface area contributed by atoms with E-state index in [1.807, 2.05) is 0 Å². The van der Waals surface area contributed by atoms with Crippen molar-refractivity contribution in [2.45, 2.75) is 11.9 Å². The van der Waals surface area contributed by atoms with Gasteiger partial charge in [0.15, 0.2) is 39.1 Å². The zero-order valence-electron chi connectivity index (χ0n) is 19.6. The number of para-hydroxylation sites is 2. The average Bonchev–Trinajstić information content (AvgIpc) is 2.88. The highest BCUT2D eigenvalue weighted by Crippen LogP contribution is 2.42. The summed E-state index contributed by atoms with van der Waals surface area (Å²) in [5, 5.41) is 8.38. The number of nitrogens with two attached hydrogens (primary N) is 3. The van der Waals surface area contributed by atoms with E-state index in [4.69, 9.17) is 37.8 Å². The zero-order chi connectivity index (χ0) is 26.7. The van der Waals surface area contributed by atoms with E-state index >= 15 is 0 Å². The number of amidine groups is 1. The summed E-state index contributed by atoms with van der Waals surface area (Å²) in [4.78, 5) is 17.1. The maximum absolute atomic E-state index is 12.4. The van der Waals surface area contributed by atoms with Crippen LogP contribution in [0.3, 0.4) is 0 Å². The van der Waals surface area contributed by atoms with E-state index in [0.717, 1.165) is 0 Å². The van der Waals surface area contributed by atoms with Crippen molar-refractivity contribution in [1.82, 2.24) is 19.9 Å². The number of halogens is 1. The number of hydrogen-bond acceptors (Lipinski definition) is 10. The van der Waals surface area contributed by atoms with Crippen molar-refractivity contribution >= 4 is 27.5 Å². The molecule has 14 heteroatoms. The van der Waals surface area contributed by atoms with Gasteiger partial charge in [0.25, 0.3) is 10.0 Å². The first-order valence-corrected chi connectivity index (χ1v) is 12.4. The number of aryl methyl sites for hydroxylation is 1. The van der Waals surface area contributed by atoms with Gasteiger partial charge in [-0.3, -0.25) is 4.98 Å². The molecule has 4 rings (SSSR count). The van der Waals surface area contributed by atoms with Gasteiger partial charge in [-0.1, -0.05) is 23.7 Å². The van der Waals surface area contributed by atoms with E-state index < -0.39 is 15.0 Å². The van der Waals surface area contributed by atoms with Crippen LogP contribution in [0, 0.1) is 6.92 Å². The zero-order valence-corrected chi connectivity index (χ0v) is 21.2. The molecule has 0 atom stereocenters. The molecule has 3 aromatic heterocycles. The molecule has 6 N–H and O–H groups in total. The Balaban J connectivity index is 2.02. The minimum atomic E-state index is -4.26. The fourth-order valence-electron chi connectivity index (χ4n) is 3.37. The van der Waals surface area contributed by atoms with Gasteiger partial charge in [0.1, 0.15) is 11.4 Å². The van der Waals surface area contributed by atoms with Crippen LogP contribution in [0.5, 0.6) is 17.2 Å². The maximum Gasteiger partial charge on any atom is 0.256 e. The third-order valence-corrected chi connectivity index (χ3v) is 6.16. The monoisotopic (exact) mass is 540 g/mol. The number of nitrogens with zero attached hydrogens (tertiary/aromatic N) is 5. The number of rotatable bonds is 7. The summed E-state index contributed by atoms with van der Waals surface area (Å²) < 4.78 is 36.3. The van der Waals surface area contributed by atoms with E-state index in [9.17, 15) is 8.42 Å². The fraction of sp³-hybridized carbons (Fsp3) is 0.0870. The number of ether oxygens (including phenoxy) is 2. The Hall–Kier alpha value is -4.33. The molecule has 0 saturated heterocycles. The molecule has 0 aliphatic heterocycles. The second-order valence-corrected chi connectivity index (χ2v) is 9.46. The third-order valence-electron chi connectivity index (χ3n) is 5.04. The minimum absolute atomic E-state index is 0.0105. The molecule has 0 amide bonds. The van der Waals surface area contributed by atoms with Gasteiger partial charge in [0.2, 0.25) is 0 Å². The molecule has 0 fully saturated rings. The van der Waals surface area contributed by atoms with Crippen LogP contribution in [0.4, 0.5) is 0 Å². The van der Waals surface area contributed by atoms with Gasteiger partial charge in [0.05, 0.1) is 7.11 Å². The average molecular weight is 541 g/mol. The van der Waals surface area contributed by atoms with Crippen molar-refractivity contribution in [3.63, 3.8) is 0 Å². The highest BCUT2D eigenvalue weighted by Gasteiger charge is 2.26. The van der Waals surface area contributed by atoms with Crippen LogP contribution in [0.2, 0.25) is 5.15 Å². The topological polar surface area (TPSA) is 195 Å².